The molecule has 6 nitrogen and oxygen atoms in total. The molecule has 0 aliphatic rings. The van der Waals surface area contributed by atoms with Gasteiger partial charge in [0.2, 0.25) is 5.91 Å². The normalized spacial score (nSPS) is 14.2. The van der Waals surface area contributed by atoms with Gasteiger partial charge in [-0.2, -0.15) is 17.9 Å². The second-order valence-electron chi connectivity index (χ2n) is 9.35. The molecule has 0 aromatic rings. The van der Waals surface area contributed by atoms with Crippen molar-refractivity contribution in [3.8, 4) is 0 Å². The maximum Gasteiger partial charge on any atom is 0.368 e. The Hall–Kier alpha value is -1.05. The molecular formula is C26H49NO5S. The number of hydrogen-bond donors (Lipinski definition) is 3. The molecule has 0 aromatic heterocycles. The molecule has 1 unspecified atom stereocenters. The number of thiol groups is 1. The summed E-state index contributed by atoms with van der Waals surface area (Å²) in [6.45, 7) is 5.07. The lowest BCUT2D eigenvalue weighted by Gasteiger charge is -2.34. The van der Waals surface area contributed by atoms with Crippen molar-refractivity contribution in [1.29, 1.82) is 0 Å². The number of carbonyl (C=O) groups is 2. The molecule has 2 N–H and O–H groups in total. The first-order chi connectivity index (χ1) is 15.8. The molecular weight excluding hydrogens is 438 g/mol. The van der Waals surface area contributed by atoms with Gasteiger partial charge < -0.3 is 10.0 Å². The minimum Gasteiger partial charge on any atom is -0.393 e. The van der Waals surface area contributed by atoms with E-state index in [0.717, 1.165) is 19.3 Å². The van der Waals surface area contributed by atoms with E-state index in [9.17, 15) is 14.7 Å². The zero-order valence-corrected chi connectivity index (χ0v) is 22.2. The van der Waals surface area contributed by atoms with Crippen molar-refractivity contribution in [2.75, 3.05) is 5.75 Å². The fourth-order valence-corrected chi connectivity index (χ4v) is 4.25. The SMILES string of the molecule is CCCCCCCCCCCCCCC[C@H](O)CCC=CN(C(C)=O)C(C)(CS)C(=O)OO. The van der Waals surface area contributed by atoms with Crippen LogP contribution in [0.15, 0.2) is 12.3 Å². The van der Waals surface area contributed by atoms with E-state index in [1.807, 2.05) is 0 Å². The third kappa shape index (κ3) is 14.7. The highest BCUT2D eigenvalue weighted by Gasteiger charge is 2.41. The van der Waals surface area contributed by atoms with Crippen LogP contribution in [0.25, 0.3) is 0 Å². The van der Waals surface area contributed by atoms with Crippen LogP contribution in [0.5, 0.6) is 0 Å². The summed E-state index contributed by atoms with van der Waals surface area (Å²) in [5.74, 6) is -1.31. The Morgan fingerprint density at radius 2 is 1.42 bits per heavy atom. The molecule has 0 bridgehead atoms. The van der Waals surface area contributed by atoms with Crippen molar-refractivity contribution < 1.29 is 24.8 Å². The van der Waals surface area contributed by atoms with E-state index in [2.05, 4.69) is 24.4 Å². The zero-order valence-electron chi connectivity index (χ0n) is 21.3. The Balaban J connectivity index is 3.90. The highest BCUT2D eigenvalue weighted by molar-refractivity contribution is 7.80. The van der Waals surface area contributed by atoms with E-state index < -0.39 is 11.5 Å². The number of hydrogen-bond acceptors (Lipinski definition) is 6. The summed E-state index contributed by atoms with van der Waals surface area (Å²) in [4.78, 5) is 28.9. The highest BCUT2D eigenvalue weighted by Crippen LogP contribution is 2.21. The number of aliphatic hydroxyl groups is 1. The highest BCUT2D eigenvalue weighted by atomic mass is 32.1. The van der Waals surface area contributed by atoms with Gasteiger partial charge in [0.15, 0.2) is 5.54 Å². The van der Waals surface area contributed by atoms with Crippen LogP contribution in [-0.2, 0) is 14.5 Å². The fourth-order valence-electron chi connectivity index (χ4n) is 3.97. The predicted octanol–water partition coefficient (Wildman–Crippen LogP) is 6.68. The standard InChI is InChI=1S/C26H49NO5S/c1-4-5-6-7-8-9-10-11-12-13-14-15-16-19-24(29)20-17-18-21-27(23(2)28)26(3,22-33)25(30)32-31/h18,21,24,29,31,33H,4-17,19-20,22H2,1-3H3/t24-,26?/m0/s1. The molecule has 0 radical (unpaired) electrons. The van der Waals surface area contributed by atoms with Gasteiger partial charge in [-0.05, 0) is 26.2 Å². The van der Waals surface area contributed by atoms with Gasteiger partial charge in [-0.15, -0.1) is 0 Å². The quantitative estimate of drug-likeness (QED) is 0.0728. The molecule has 0 aliphatic heterocycles. The summed E-state index contributed by atoms with van der Waals surface area (Å²) in [7, 11) is 0. The number of nitrogens with zero attached hydrogens (tertiary/aromatic N) is 1. The van der Waals surface area contributed by atoms with Crippen LogP contribution in [-0.4, -0.2) is 44.5 Å². The molecule has 33 heavy (non-hydrogen) atoms. The second-order valence-corrected chi connectivity index (χ2v) is 9.66. The summed E-state index contributed by atoms with van der Waals surface area (Å²) in [5, 5.41) is 18.9. The topological polar surface area (TPSA) is 87.1 Å². The van der Waals surface area contributed by atoms with Gasteiger partial charge in [-0.25, -0.2) is 4.79 Å². The fraction of sp³-hybridized carbons (Fsp3) is 0.846. The first kappa shape index (κ1) is 31.9. The molecule has 0 aliphatic carbocycles. The molecule has 0 fully saturated rings. The molecule has 0 rings (SSSR count). The lowest BCUT2D eigenvalue weighted by Crippen LogP contribution is -2.54. The lowest BCUT2D eigenvalue weighted by atomic mass is 10.0. The summed E-state index contributed by atoms with van der Waals surface area (Å²) < 4.78 is 0. The Labute approximate surface area is 207 Å². The maximum atomic E-state index is 11.9. The Kier molecular flexibility index (Phi) is 19.7. The van der Waals surface area contributed by atoms with Crippen molar-refractivity contribution >= 4 is 24.5 Å². The average molecular weight is 488 g/mol. The van der Waals surface area contributed by atoms with Crippen LogP contribution in [0.4, 0.5) is 0 Å². The number of amides is 1. The van der Waals surface area contributed by atoms with Crippen LogP contribution in [0.2, 0.25) is 0 Å². The average Bonchev–Trinajstić information content (AvgIpc) is 2.80. The zero-order chi connectivity index (χ0) is 25.0. The minimum absolute atomic E-state index is 0.00200. The second kappa shape index (κ2) is 20.3. The van der Waals surface area contributed by atoms with Crippen molar-refractivity contribution in [3.05, 3.63) is 12.3 Å². The van der Waals surface area contributed by atoms with Gasteiger partial charge in [0.25, 0.3) is 0 Å². The van der Waals surface area contributed by atoms with E-state index in [-0.39, 0.29) is 17.8 Å². The number of unbranched alkanes of at least 4 members (excludes halogenated alkanes) is 12. The molecule has 0 saturated heterocycles. The number of rotatable bonds is 21. The first-order valence-electron chi connectivity index (χ1n) is 12.9. The van der Waals surface area contributed by atoms with E-state index in [1.54, 1.807) is 6.08 Å². The summed E-state index contributed by atoms with van der Waals surface area (Å²) in [6, 6.07) is 0. The van der Waals surface area contributed by atoms with Gasteiger partial charge in [0.05, 0.1) is 6.10 Å². The van der Waals surface area contributed by atoms with Gasteiger partial charge in [0.1, 0.15) is 0 Å². The molecule has 1 amide bonds. The summed E-state index contributed by atoms with van der Waals surface area (Å²) >= 11 is 4.12. The van der Waals surface area contributed by atoms with E-state index >= 15 is 0 Å². The van der Waals surface area contributed by atoms with Crippen molar-refractivity contribution in [2.45, 2.75) is 135 Å². The van der Waals surface area contributed by atoms with Crippen molar-refractivity contribution in [1.82, 2.24) is 4.90 Å². The predicted molar refractivity (Wildman–Crippen MR) is 138 cm³/mol. The van der Waals surface area contributed by atoms with Crippen LogP contribution < -0.4 is 0 Å². The molecule has 2 atom stereocenters. The maximum absolute atomic E-state index is 11.9. The third-order valence-corrected chi connectivity index (χ3v) is 6.88. The molecule has 194 valence electrons. The van der Waals surface area contributed by atoms with E-state index in [1.165, 1.54) is 95.6 Å². The Bertz CT molecular complexity index is 543. The van der Waals surface area contributed by atoms with Crippen molar-refractivity contribution in [3.63, 3.8) is 0 Å². The van der Waals surface area contributed by atoms with Gasteiger partial charge in [0, 0.05) is 18.9 Å². The Morgan fingerprint density at radius 1 is 0.939 bits per heavy atom. The third-order valence-electron chi connectivity index (χ3n) is 6.26. The largest absolute Gasteiger partial charge is 0.393 e. The van der Waals surface area contributed by atoms with Crippen LogP contribution in [0.1, 0.15) is 124 Å². The summed E-state index contributed by atoms with van der Waals surface area (Å²) in [6.07, 6.45) is 21.9. The number of aliphatic hydroxyl groups excluding tert-OH is 1. The first-order valence-corrected chi connectivity index (χ1v) is 13.6. The molecule has 0 spiro atoms. The van der Waals surface area contributed by atoms with Crippen LogP contribution in [0.3, 0.4) is 0 Å². The van der Waals surface area contributed by atoms with E-state index in [0.29, 0.717) is 12.8 Å². The number of allylic oxidation sites excluding steroid dienone is 1. The molecule has 0 aromatic carbocycles. The molecule has 7 heteroatoms. The van der Waals surface area contributed by atoms with Crippen molar-refractivity contribution in [2.24, 2.45) is 0 Å². The van der Waals surface area contributed by atoms with Gasteiger partial charge in [-0.3, -0.25) is 9.68 Å². The van der Waals surface area contributed by atoms with E-state index in [4.69, 9.17) is 5.26 Å². The van der Waals surface area contributed by atoms with Gasteiger partial charge in [-0.1, -0.05) is 96.5 Å². The van der Waals surface area contributed by atoms with Crippen LogP contribution in [0, 0.1) is 0 Å². The van der Waals surface area contributed by atoms with Crippen LogP contribution >= 0.6 is 12.6 Å². The monoisotopic (exact) mass is 487 g/mol. The Morgan fingerprint density at radius 3 is 1.85 bits per heavy atom. The van der Waals surface area contributed by atoms with Gasteiger partial charge >= 0.3 is 5.97 Å². The summed E-state index contributed by atoms with van der Waals surface area (Å²) in [5.41, 5.74) is -1.40. The lowest BCUT2D eigenvalue weighted by molar-refractivity contribution is -0.243. The molecule has 0 heterocycles. The molecule has 0 saturated carbocycles. The smallest absolute Gasteiger partial charge is 0.368 e. The minimum atomic E-state index is -1.40. The number of carbonyl (C=O) groups excluding carboxylic acids is 2.